The van der Waals surface area contributed by atoms with E-state index in [0.717, 1.165) is 5.56 Å². The molecule has 1 aliphatic rings. The molecule has 1 aliphatic heterocycles. The second-order valence-electron chi connectivity index (χ2n) is 4.09. The van der Waals surface area contributed by atoms with Crippen LogP contribution in [0.1, 0.15) is 12.0 Å². The highest BCUT2D eigenvalue weighted by Crippen LogP contribution is 2.25. The molecule has 94 valence electrons. The first-order chi connectivity index (χ1) is 8.49. The third kappa shape index (κ3) is 2.17. The lowest BCUT2D eigenvalue weighted by molar-refractivity contribution is -0.138. The molecule has 0 aliphatic carbocycles. The number of nitrogens with zero attached hydrogens (tertiary/aromatic N) is 2. The second kappa shape index (κ2) is 4.48. The van der Waals surface area contributed by atoms with E-state index in [-0.39, 0.29) is 12.1 Å². The minimum Gasteiger partial charge on any atom is -0.480 e. The van der Waals surface area contributed by atoms with Crippen molar-refractivity contribution in [1.82, 2.24) is 0 Å². The number of aliphatic carboxylic acids is 2. The first-order valence-electron chi connectivity index (χ1n) is 5.38. The third-order valence-corrected chi connectivity index (χ3v) is 2.74. The smallest absolute Gasteiger partial charge is 0.352 e. The molecular weight excluding hydrogens is 236 g/mol. The fourth-order valence-corrected chi connectivity index (χ4v) is 1.77. The standard InChI is InChI=1S/C12H12N2O4/c1-7-2-4-8(5-3-7)14-10(12(17)18)6-9(13-14)11(15)16/h2-5,10H,6H2,1H3,(H,15,16)(H,17,18)/t10-/m1/s1. The van der Waals surface area contributed by atoms with Crippen LogP contribution in [0.5, 0.6) is 0 Å². The molecule has 0 aromatic heterocycles. The van der Waals surface area contributed by atoms with Gasteiger partial charge in [-0.2, -0.15) is 5.10 Å². The number of hydrogen-bond donors (Lipinski definition) is 2. The van der Waals surface area contributed by atoms with E-state index in [0.29, 0.717) is 5.69 Å². The fourth-order valence-electron chi connectivity index (χ4n) is 1.77. The van der Waals surface area contributed by atoms with Gasteiger partial charge in [-0.15, -0.1) is 0 Å². The quantitative estimate of drug-likeness (QED) is 0.835. The molecule has 0 saturated carbocycles. The number of rotatable bonds is 3. The molecule has 0 unspecified atom stereocenters. The first kappa shape index (κ1) is 12.1. The predicted octanol–water partition coefficient (Wildman–Crippen LogP) is 1.10. The SMILES string of the molecule is Cc1ccc(N2N=C(C(=O)O)C[C@@H]2C(=O)O)cc1. The van der Waals surface area contributed by atoms with Gasteiger partial charge in [0.05, 0.1) is 5.69 Å². The maximum atomic E-state index is 11.1. The van der Waals surface area contributed by atoms with E-state index >= 15 is 0 Å². The molecule has 2 N–H and O–H groups in total. The summed E-state index contributed by atoms with van der Waals surface area (Å²) in [4.78, 5) is 22.0. The van der Waals surface area contributed by atoms with E-state index in [9.17, 15) is 9.59 Å². The first-order valence-corrected chi connectivity index (χ1v) is 5.38. The van der Waals surface area contributed by atoms with Crippen molar-refractivity contribution in [2.24, 2.45) is 5.10 Å². The van der Waals surface area contributed by atoms with Crippen molar-refractivity contribution < 1.29 is 19.8 Å². The van der Waals surface area contributed by atoms with Gasteiger partial charge in [-0.1, -0.05) is 17.7 Å². The summed E-state index contributed by atoms with van der Waals surface area (Å²) in [6.07, 6.45) is -0.0987. The third-order valence-electron chi connectivity index (χ3n) is 2.74. The molecular formula is C12H12N2O4. The summed E-state index contributed by atoms with van der Waals surface area (Å²) in [5, 5.41) is 23.1. The van der Waals surface area contributed by atoms with Gasteiger partial charge >= 0.3 is 11.9 Å². The summed E-state index contributed by atoms with van der Waals surface area (Å²) in [5.41, 5.74) is 1.47. The molecule has 1 heterocycles. The molecule has 0 spiro atoms. The maximum absolute atomic E-state index is 11.1. The lowest BCUT2D eigenvalue weighted by Gasteiger charge is -2.19. The van der Waals surface area contributed by atoms with Gasteiger partial charge in [0.25, 0.3) is 0 Å². The summed E-state index contributed by atoms with van der Waals surface area (Å²) in [5.74, 6) is -2.27. The van der Waals surface area contributed by atoms with Gasteiger partial charge in [0, 0.05) is 6.42 Å². The second-order valence-corrected chi connectivity index (χ2v) is 4.09. The fraction of sp³-hybridized carbons (Fsp3) is 0.250. The summed E-state index contributed by atoms with van der Waals surface area (Å²) in [7, 11) is 0. The molecule has 2 rings (SSSR count). The zero-order valence-corrected chi connectivity index (χ0v) is 9.70. The van der Waals surface area contributed by atoms with Gasteiger partial charge in [-0.25, -0.2) is 9.59 Å². The molecule has 0 saturated heterocycles. The molecule has 1 aromatic rings. The Hall–Kier alpha value is -2.37. The maximum Gasteiger partial charge on any atom is 0.352 e. The topological polar surface area (TPSA) is 90.2 Å². The van der Waals surface area contributed by atoms with Crippen LogP contribution in [-0.2, 0) is 9.59 Å². The Kier molecular flexibility index (Phi) is 3.01. The zero-order chi connectivity index (χ0) is 13.3. The molecule has 0 fully saturated rings. The van der Waals surface area contributed by atoms with Crippen LogP contribution in [0.15, 0.2) is 29.4 Å². The predicted molar refractivity (Wildman–Crippen MR) is 64.8 cm³/mol. The molecule has 6 nitrogen and oxygen atoms in total. The molecule has 0 amide bonds. The van der Waals surface area contributed by atoms with Crippen LogP contribution in [0.25, 0.3) is 0 Å². The molecule has 0 radical (unpaired) electrons. The van der Waals surface area contributed by atoms with Crippen LogP contribution in [0.4, 0.5) is 5.69 Å². The van der Waals surface area contributed by atoms with Gasteiger partial charge in [0.1, 0.15) is 5.71 Å². The monoisotopic (exact) mass is 248 g/mol. The number of hydrogen-bond acceptors (Lipinski definition) is 4. The lowest BCUT2D eigenvalue weighted by atomic mass is 10.1. The summed E-state index contributed by atoms with van der Waals surface area (Å²) in [6, 6.07) is 6.13. The Morgan fingerprint density at radius 2 is 1.89 bits per heavy atom. The van der Waals surface area contributed by atoms with Gasteiger partial charge in [0.15, 0.2) is 6.04 Å². The van der Waals surface area contributed by atoms with Crippen LogP contribution >= 0.6 is 0 Å². The summed E-state index contributed by atoms with van der Waals surface area (Å²) in [6.45, 7) is 1.91. The Morgan fingerprint density at radius 1 is 1.28 bits per heavy atom. The largest absolute Gasteiger partial charge is 0.480 e. The normalized spacial score (nSPS) is 18.6. The summed E-state index contributed by atoms with van der Waals surface area (Å²) < 4.78 is 0. The van der Waals surface area contributed by atoms with Crippen molar-refractivity contribution in [3.05, 3.63) is 29.8 Å². The van der Waals surface area contributed by atoms with E-state index in [2.05, 4.69) is 5.10 Å². The van der Waals surface area contributed by atoms with Crippen LogP contribution in [0.2, 0.25) is 0 Å². The van der Waals surface area contributed by atoms with Gasteiger partial charge < -0.3 is 10.2 Å². The van der Waals surface area contributed by atoms with Crippen LogP contribution in [0.3, 0.4) is 0 Å². The van der Waals surface area contributed by atoms with E-state index in [4.69, 9.17) is 10.2 Å². The number of aryl methyl sites for hydroxylation is 1. The van der Waals surface area contributed by atoms with Gasteiger partial charge in [-0.3, -0.25) is 5.01 Å². The van der Waals surface area contributed by atoms with E-state index in [1.54, 1.807) is 12.1 Å². The Bertz CT molecular complexity index is 521. The van der Waals surface area contributed by atoms with Gasteiger partial charge in [0.2, 0.25) is 0 Å². The minimum absolute atomic E-state index is 0.0987. The Morgan fingerprint density at radius 3 is 2.39 bits per heavy atom. The number of carboxylic acid groups (broad SMARTS) is 2. The molecule has 1 atom stereocenters. The highest BCUT2D eigenvalue weighted by atomic mass is 16.4. The summed E-state index contributed by atoms with van der Waals surface area (Å²) >= 11 is 0. The molecule has 1 aromatic carbocycles. The van der Waals surface area contributed by atoms with E-state index in [1.807, 2.05) is 19.1 Å². The molecule has 0 bridgehead atoms. The van der Waals surface area contributed by atoms with E-state index in [1.165, 1.54) is 5.01 Å². The zero-order valence-electron chi connectivity index (χ0n) is 9.70. The number of anilines is 1. The molecule has 18 heavy (non-hydrogen) atoms. The van der Waals surface area contributed by atoms with Crippen LogP contribution in [-0.4, -0.2) is 33.9 Å². The van der Waals surface area contributed by atoms with E-state index < -0.39 is 18.0 Å². The van der Waals surface area contributed by atoms with Crippen LogP contribution in [0, 0.1) is 6.92 Å². The average molecular weight is 248 g/mol. The number of benzene rings is 1. The van der Waals surface area contributed by atoms with Crippen molar-refractivity contribution in [2.45, 2.75) is 19.4 Å². The Balaban J connectivity index is 2.36. The minimum atomic E-state index is -1.18. The number of carboxylic acids is 2. The van der Waals surface area contributed by atoms with Crippen LogP contribution < -0.4 is 5.01 Å². The van der Waals surface area contributed by atoms with Crippen molar-refractivity contribution in [2.75, 3.05) is 5.01 Å². The van der Waals surface area contributed by atoms with Crippen molar-refractivity contribution in [3.8, 4) is 0 Å². The average Bonchev–Trinajstić information content (AvgIpc) is 2.75. The number of hydrazone groups is 1. The van der Waals surface area contributed by atoms with Crippen molar-refractivity contribution in [3.63, 3.8) is 0 Å². The van der Waals surface area contributed by atoms with Gasteiger partial charge in [-0.05, 0) is 19.1 Å². The van der Waals surface area contributed by atoms with Crippen molar-refractivity contribution >= 4 is 23.3 Å². The lowest BCUT2D eigenvalue weighted by Crippen LogP contribution is -2.34. The Labute approximate surface area is 103 Å². The molecule has 6 heteroatoms. The highest BCUT2D eigenvalue weighted by molar-refractivity contribution is 6.37. The number of carbonyl (C=O) groups is 2. The highest BCUT2D eigenvalue weighted by Gasteiger charge is 2.36. The van der Waals surface area contributed by atoms with Crippen molar-refractivity contribution in [1.29, 1.82) is 0 Å².